The fraction of sp³-hybridized carbons (Fsp3) is 0.474. The van der Waals surface area contributed by atoms with Gasteiger partial charge in [-0.05, 0) is 58.6 Å². The molecule has 1 aromatic rings. The molecule has 1 amide bonds. The predicted octanol–water partition coefficient (Wildman–Crippen LogP) is 3.32. The van der Waals surface area contributed by atoms with Crippen molar-refractivity contribution >= 4 is 11.9 Å². The molecule has 4 nitrogen and oxygen atoms in total. The first kappa shape index (κ1) is 17.1. The van der Waals surface area contributed by atoms with Gasteiger partial charge in [0.15, 0.2) is 0 Å². The van der Waals surface area contributed by atoms with E-state index in [0.29, 0.717) is 13.0 Å². The van der Waals surface area contributed by atoms with E-state index in [1.807, 2.05) is 52.0 Å². The average Bonchev–Trinajstić information content (AvgIpc) is 2.94. The number of Topliss-reactive ketones (excluding diaryl/α,β-unsaturated/α-hetero) is 1. The molecule has 0 saturated carbocycles. The van der Waals surface area contributed by atoms with E-state index in [1.165, 1.54) is 4.90 Å². The lowest BCUT2D eigenvalue weighted by molar-refractivity contribution is -0.117. The number of hydrogen-bond donors (Lipinski definition) is 0. The Balaban J connectivity index is 2.06. The van der Waals surface area contributed by atoms with Crippen molar-refractivity contribution in [1.29, 1.82) is 0 Å². The first-order chi connectivity index (χ1) is 10.8. The van der Waals surface area contributed by atoms with Gasteiger partial charge in [0, 0.05) is 12.1 Å². The largest absolute Gasteiger partial charge is 0.444 e. The number of amides is 1. The maximum atomic E-state index is 12.3. The zero-order valence-corrected chi connectivity index (χ0v) is 14.2. The van der Waals surface area contributed by atoms with Gasteiger partial charge in [-0.15, -0.1) is 0 Å². The van der Waals surface area contributed by atoms with E-state index in [0.717, 1.165) is 17.5 Å². The molecule has 1 fully saturated rings. The topological polar surface area (TPSA) is 46.6 Å². The number of ketones is 1. The van der Waals surface area contributed by atoms with E-state index >= 15 is 0 Å². The van der Waals surface area contributed by atoms with Crippen molar-refractivity contribution in [3.8, 4) is 11.8 Å². The van der Waals surface area contributed by atoms with E-state index in [2.05, 4.69) is 11.8 Å². The van der Waals surface area contributed by atoms with Crippen LogP contribution >= 0.6 is 0 Å². The second kappa shape index (κ2) is 6.87. The van der Waals surface area contributed by atoms with Crippen molar-refractivity contribution < 1.29 is 14.3 Å². The molecule has 0 radical (unpaired) electrons. The number of nitrogens with zero attached hydrogens (tertiary/aromatic N) is 1. The fourth-order valence-electron chi connectivity index (χ4n) is 2.43. The highest BCUT2D eigenvalue weighted by Crippen LogP contribution is 2.21. The van der Waals surface area contributed by atoms with Crippen LogP contribution in [0.3, 0.4) is 0 Å². The molecule has 1 aliphatic heterocycles. The summed E-state index contributed by atoms with van der Waals surface area (Å²) in [5.74, 6) is 5.32. The van der Waals surface area contributed by atoms with Crippen LogP contribution in [-0.2, 0) is 9.53 Å². The van der Waals surface area contributed by atoms with E-state index in [1.54, 1.807) is 0 Å². The number of benzene rings is 1. The van der Waals surface area contributed by atoms with Gasteiger partial charge in [-0.2, -0.15) is 0 Å². The van der Waals surface area contributed by atoms with Crippen LogP contribution in [0.1, 0.15) is 44.7 Å². The van der Waals surface area contributed by atoms with E-state index in [-0.39, 0.29) is 5.78 Å². The van der Waals surface area contributed by atoms with Crippen LogP contribution in [0.5, 0.6) is 0 Å². The number of carbonyl (C=O) groups is 2. The van der Waals surface area contributed by atoms with Gasteiger partial charge in [-0.25, -0.2) is 4.79 Å². The number of likely N-dealkylation sites (tertiary alicyclic amines) is 1. The third-order valence-electron chi connectivity index (χ3n) is 3.57. The van der Waals surface area contributed by atoms with Gasteiger partial charge >= 0.3 is 6.09 Å². The SMILES string of the molecule is Cc1ccc(C#CC(=O)C2CCCN2C(=O)OC(C)(C)C)cc1. The van der Waals surface area contributed by atoms with Crippen molar-refractivity contribution in [3.05, 3.63) is 35.4 Å². The molecule has 0 spiro atoms. The highest BCUT2D eigenvalue weighted by molar-refractivity contribution is 6.01. The minimum Gasteiger partial charge on any atom is -0.444 e. The van der Waals surface area contributed by atoms with Gasteiger partial charge in [0.05, 0.1) is 0 Å². The first-order valence-corrected chi connectivity index (χ1v) is 7.88. The maximum absolute atomic E-state index is 12.3. The molecule has 4 heteroatoms. The Hall–Kier alpha value is -2.28. The molecule has 0 N–H and O–H groups in total. The molecule has 1 heterocycles. The molecule has 1 saturated heterocycles. The number of rotatable bonds is 1. The van der Waals surface area contributed by atoms with Crippen molar-refractivity contribution in [1.82, 2.24) is 4.90 Å². The third kappa shape index (κ3) is 4.85. The summed E-state index contributed by atoms with van der Waals surface area (Å²) in [4.78, 5) is 26.0. The molecule has 1 aliphatic rings. The molecule has 1 atom stereocenters. The number of carbonyl (C=O) groups excluding carboxylic acids is 2. The maximum Gasteiger partial charge on any atom is 0.410 e. The smallest absolute Gasteiger partial charge is 0.410 e. The first-order valence-electron chi connectivity index (χ1n) is 7.88. The summed E-state index contributed by atoms with van der Waals surface area (Å²) < 4.78 is 5.36. The van der Waals surface area contributed by atoms with Gasteiger partial charge in [0.1, 0.15) is 11.6 Å². The molecule has 0 bridgehead atoms. The Morgan fingerprint density at radius 2 is 1.87 bits per heavy atom. The molecule has 0 aliphatic carbocycles. The van der Waals surface area contributed by atoms with E-state index < -0.39 is 17.7 Å². The van der Waals surface area contributed by atoms with Crippen LogP contribution < -0.4 is 0 Å². The molecular weight excluding hydrogens is 290 g/mol. The monoisotopic (exact) mass is 313 g/mol. The van der Waals surface area contributed by atoms with Gasteiger partial charge in [0.25, 0.3) is 0 Å². The van der Waals surface area contributed by atoms with Gasteiger partial charge in [-0.3, -0.25) is 9.69 Å². The summed E-state index contributed by atoms with van der Waals surface area (Å²) in [6.45, 7) is 7.98. The van der Waals surface area contributed by atoms with E-state index in [9.17, 15) is 9.59 Å². The lowest BCUT2D eigenvalue weighted by Crippen LogP contribution is -2.43. The lowest BCUT2D eigenvalue weighted by Gasteiger charge is -2.27. The fourth-order valence-corrected chi connectivity index (χ4v) is 2.43. The van der Waals surface area contributed by atoms with Crippen LogP contribution in [-0.4, -0.2) is 35.0 Å². The molecule has 122 valence electrons. The Kier molecular flexibility index (Phi) is 5.10. The molecule has 1 unspecified atom stereocenters. The molecular formula is C19H23NO3. The number of hydrogen-bond acceptors (Lipinski definition) is 3. The van der Waals surface area contributed by atoms with Crippen LogP contribution in [0.25, 0.3) is 0 Å². The Bertz CT molecular complexity index is 644. The lowest BCUT2D eigenvalue weighted by atomic mass is 10.1. The molecule has 23 heavy (non-hydrogen) atoms. The molecule has 1 aromatic carbocycles. The predicted molar refractivity (Wildman–Crippen MR) is 89.0 cm³/mol. The second-order valence-corrected chi connectivity index (χ2v) is 6.81. The molecule has 2 rings (SSSR count). The van der Waals surface area contributed by atoms with Crippen molar-refractivity contribution in [2.45, 2.75) is 52.2 Å². The minimum atomic E-state index is -0.569. The van der Waals surface area contributed by atoms with Gasteiger partial charge < -0.3 is 4.74 Å². The third-order valence-corrected chi connectivity index (χ3v) is 3.57. The average molecular weight is 313 g/mol. The Morgan fingerprint density at radius 3 is 2.48 bits per heavy atom. The van der Waals surface area contributed by atoms with Crippen LogP contribution in [0.15, 0.2) is 24.3 Å². The van der Waals surface area contributed by atoms with Crippen molar-refractivity contribution in [2.24, 2.45) is 0 Å². The van der Waals surface area contributed by atoms with E-state index in [4.69, 9.17) is 4.74 Å². The second-order valence-electron chi connectivity index (χ2n) is 6.81. The van der Waals surface area contributed by atoms with Crippen molar-refractivity contribution in [3.63, 3.8) is 0 Å². The summed E-state index contributed by atoms with van der Waals surface area (Å²) in [6, 6.07) is 7.18. The van der Waals surface area contributed by atoms with Crippen LogP contribution in [0.4, 0.5) is 4.79 Å². The zero-order chi connectivity index (χ0) is 17.0. The van der Waals surface area contributed by atoms with Crippen LogP contribution in [0, 0.1) is 18.8 Å². The minimum absolute atomic E-state index is 0.228. The summed E-state index contributed by atoms with van der Waals surface area (Å²) in [6.07, 6.45) is 0.994. The van der Waals surface area contributed by atoms with Crippen molar-refractivity contribution in [2.75, 3.05) is 6.54 Å². The quantitative estimate of drug-likeness (QED) is 0.747. The summed E-state index contributed by atoms with van der Waals surface area (Å²) in [5, 5.41) is 0. The van der Waals surface area contributed by atoms with Gasteiger partial charge in [-0.1, -0.05) is 23.6 Å². The molecule has 0 aromatic heterocycles. The number of aryl methyl sites for hydroxylation is 1. The summed E-state index contributed by atoms with van der Waals surface area (Å²) in [5.41, 5.74) is 1.38. The Labute approximate surface area is 137 Å². The Morgan fingerprint density at radius 1 is 1.22 bits per heavy atom. The summed E-state index contributed by atoms with van der Waals surface area (Å²) >= 11 is 0. The zero-order valence-electron chi connectivity index (χ0n) is 14.2. The highest BCUT2D eigenvalue weighted by atomic mass is 16.6. The number of ether oxygens (including phenoxy) is 1. The standard InChI is InChI=1S/C19H23NO3/c1-14-7-9-15(10-8-14)11-12-17(21)16-6-5-13-20(16)18(22)23-19(2,3)4/h7-10,16H,5-6,13H2,1-4H3. The summed E-state index contributed by atoms with van der Waals surface area (Å²) in [7, 11) is 0. The van der Waals surface area contributed by atoms with Crippen LogP contribution in [0.2, 0.25) is 0 Å². The highest BCUT2D eigenvalue weighted by Gasteiger charge is 2.35. The normalized spacial score (nSPS) is 17.4. The van der Waals surface area contributed by atoms with Gasteiger partial charge in [0.2, 0.25) is 5.78 Å².